The summed E-state index contributed by atoms with van der Waals surface area (Å²) in [4.78, 5) is 33.1. The maximum absolute atomic E-state index is 12.4. The zero-order valence-corrected chi connectivity index (χ0v) is 16.0. The summed E-state index contributed by atoms with van der Waals surface area (Å²) in [7, 11) is 0. The summed E-state index contributed by atoms with van der Waals surface area (Å²) < 4.78 is 5.97. The number of carbonyl (C=O) groups is 1. The lowest BCUT2D eigenvalue weighted by Crippen LogP contribution is -2.32. The Hall–Kier alpha value is -2.72. The van der Waals surface area contributed by atoms with Gasteiger partial charge in [0.1, 0.15) is 18.1 Å². The van der Waals surface area contributed by atoms with Gasteiger partial charge >= 0.3 is 6.15 Å². The highest BCUT2D eigenvalue weighted by Crippen LogP contribution is 2.32. The predicted octanol–water partition coefficient (Wildman–Crippen LogP) is 3.56. The molecular formula is C20H26N2O4. The fourth-order valence-electron chi connectivity index (χ4n) is 2.53. The van der Waals surface area contributed by atoms with E-state index < -0.39 is 5.41 Å². The number of rotatable bonds is 6. The molecule has 2 rings (SSSR count). The Kier molecular flexibility index (Phi) is 7.47. The highest BCUT2D eigenvalue weighted by atomic mass is 16.5. The number of nitrogens with zero attached hydrogens (tertiary/aromatic N) is 1. The first-order valence-corrected chi connectivity index (χ1v) is 8.43. The van der Waals surface area contributed by atoms with Gasteiger partial charge in [0, 0.05) is 17.8 Å². The van der Waals surface area contributed by atoms with Crippen LogP contribution in [0.5, 0.6) is 5.75 Å². The molecule has 140 valence electrons. The minimum atomic E-state index is -0.528. The molecule has 0 atom stereocenters. The number of hydrogen-bond donors (Lipinski definition) is 1. The van der Waals surface area contributed by atoms with Gasteiger partial charge in [-0.2, -0.15) is 9.59 Å². The maximum atomic E-state index is 12.4. The molecule has 1 aromatic heterocycles. The van der Waals surface area contributed by atoms with Crippen LogP contribution in [-0.2, 0) is 14.4 Å². The number of nitrogen functional groups attached to an aromatic ring is 1. The van der Waals surface area contributed by atoms with Crippen LogP contribution in [0.3, 0.4) is 0 Å². The number of ketones is 1. The van der Waals surface area contributed by atoms with Gasteiger partial charge < -0.3 is 10.5 Å². The lowest BCUT2D eigenvalue weighted by Gasteiger charge is -2.24. The van der Waals surface area contributed by atoms with E-state index in [4.69, 9.17) is 20.1 Å². The largest absolute Gasteiger partial charge is 0.492 e. The molecule has 0 saturated carbocycles. The van der Waals surface area contributed by atoms with Crippen LogP contribution in [0.25, 0.3) is 10.9 Å². The predicted molar refractivity (Wildman–Crippen MR) is 99.6 cm³/mol. The number of Topliss-reactive ketones (excluding diaryl/α,β-unsaturated/α-hetero) is 1. The maximum Gasteiger partial charge on any atom is 0.373 e. The molecule has 1 aromatic carbocycles. The zero-order valence-electron chi connectivity index (χ0n) is 16.0. The number of pyridine rings is 1. The topological polar surface area (TPSA) is 99.3 Å². The Balaban J connectivity index is 0.00000105. The quantitative estimate of drug-likeness (QED) is 0.847. The molecule has 0 aliphatic carbocycles. The Morgan fingerprint density at radius 3 is 2.50 bits per heavy atom. The third kappa shape index (κ3) is 5.67. The van der Waals surface area contributed by atoms with Crippen LogP contribution in [0.2, 0.25) is 0 Å². The molecule has 2 N–H and O–H groups in total. The second-order valence-electron chi connectivity index (χ2n) is 7.28. The van der Waals surface area contributed by atoms with Crippen LogP contribution in [0.1, 0.15) is 39.8 Å². The molecule has 26 heavy (non-hydrogen) atoms. The normalized spacial score (nSPS) is 10.8. The van der Waals surface area contributed by atoms with Gasteiger partial charge in [0.2, 0.25) is 0 Å². The molecule has 0 spiro atoms. The fourth-order valence-corrected chi connectivity index (χ4v) is 2.53. The third-order valence-electron chi connectivity index (χ3n) is 3.89. The monoisotopic (exact) mass is 358 g/mol. The van der Waals surface area contributed by atoms with Crippen molar-refractivity contribution in [2.75, 3.05) is 12.3 Å². The molecule has 0 bridgehead atoms. The van der Waals surface area contributed by atoms with Gasteiger partial charge in [-0.25, -0.2) is 0 Å². The van der Waals surface area contributed by atoms with E-state index in [1.165, 1.54) is 0 Å². The SMILES string of the molecule is Cc1cc(N)c2c(OCC(C)(C)C(=O)CC(C)C)cccc2n1.O=C=O. The number of carbonyl (C=O) groups excluding carboxylic acids is 3. The minimum Gasteiger partial charge on any atom is -0.492 e. The molecule has 0 aliphatic heterocycles. The fraction of sp³-hybridized carbons (Fsp3) is 0.450. The number of anilines is 1. The van der Waals surface area contributed by atoms with E-state index in [0.29, 0.717) is 30.4 Å². The summed E-state index contributed by atoms with van der Waals surface area (Å²) in [5.41, 5.74) is 7.94. The van der Waals surface area contributed by atoms with E-state index in [9.17, 15) is 4.79 Å². The summed E-state index contributed by atoms with van der Waals surface area (Å²) in [6, 6.07) is 7.52. The lowest BCUT2D eigenvalue weighted by atomic mass is 9.85. The van der Waals surface area contributed by atoms with Crippen molar-refractivity contribution in [3.05, 3.63) is 30.0 Å². The summed E-state index contributed by atoms with van der Waals surface area (Å²) in [5.74, 6) is 1.25. The molecule has 6 heteroatoms. The minimum absolute atomic E-state index is 0.217. The molecule has 1 heterocycles. The Bertz CT molecular complexity index is 807. The van der Waals surface area contributed by atoms with Crippen LogP contribution in [0, 0.1) is 18.3 Å². The van der Waals surface area contributed by atoms with Gasteiger partial charge in [-0.1, -0.05) is 19.9 Å². The number of nitrogens with two attached hydrogens (primary N) is 1. The van der Waals surface area contributed by atoms with Crippen LogP contribution in [-0.4, -0.2) is 23.5 Å². The Morgan fingerprint density at radius 2 is 1.92 bits per heavy atom. The van der Waals surface area contributed by atoms with Crippen molar-refractivity contribution in [3.8, 4) is 5.75 Å². The van der Waals surface area contributed by atoms with Crippen molar-refractivity contribution in [3.63, 3.8) is 0 Å². The average molecular weight is 358 g/mol. The summed E-state index contributed by atoms with van der Waals surface area (Å²) in [5, 5.41) is 0.810. The standard InChI is InChI=1S/C19H26N2O2.CO2/c1-12(2)9-17(22)19(4,5)11-23-16-8-6-7-15-18(16)14(20)10-13(3)21-15;2-1-3/h6-8,10,12H,9,11H2,1-5H3,(H2,20,21);. The van der Waals surface area contributed by atoms with E-state index >= 15 is 0 Å². The van der Waals surface area contributed by atoms with Crippen LogP contribution >= 0.6 is 0 Å². The first kappa shape index (κ1) is 21.3. The second kappa shape index (κ2) is 9.11. The first-order chi connectivity index (χ1) is 12.1. The highest BCUT2D eigenvalue weighted by Gasteiger charge is 2.29. The van der Waals surface area contributed by atoms with E-state index in [1.54, 1.807) is 0 Å². The summed E-state index contributed by atoms with van der Waals surface area (Å²) >= 11 is 0. The number of aromatic nitrogens is 1. The van der Waals surface area contributed by atoms with Crippen LogP contribution < -0.4 is 10.5 Å². The van der Waals surface area contributed by atoms with Gasteiger partial charge in [-0.3, -0.25) is 9.78 Å². The van der Waals surface area contributed by atoms with Gasteiger partial charge in [-0.15, -0.1) is 0 Å². The van der Waals surface area contributed by atoms with Gasteiger partial charge in [0.15, 0.2) is 0 Å². The number of hydrogen-bond acceptors (Lipinski definition) is 6. The number of ether oxygens (including phenoxy) is 1. The van der Waals surface area contributed by atoms with E-state index in [1.807, 2.05) is 58.9 Å². The van der Waals surface area contributed by atoms with Crippen molar-refractivity contribution in [1.82, 2.24) is 4.98 Å². The second-order valence-corrected chi connectivity index (χ2v) is 7.28. The lowest BCUT2D eigenvalue weighted by molar-refractivity contribution is -0.191. The van der Waals surface area contributed by atoms with Crippen molar-refractivity contribution < 1.29 is 19.1 Å². The molecule has 0 aliphatic rings. The van der Waals surface area contributed by atoms with Gasteiger partial charge in [0.05, 0.1) is 16.3 Å². The Morgan fingerprint density at radius 1 is 1.31 bits per heavy atom. The van der Waals surface area contributed by atoms with Crippen molar-refractivity contribution in [2.24, 2.45) is 11.3 Å². The Labute approximate surface area is 153 Å². The zero-order chi connectivity index (χ0) is 19.9. The average Bonchev–Trinajstić information content (AvgIpc) is 2.52. The molecule has 2 aromatic rings. The van der Waals surface area contributed by atoms with E-state index in [2.05, 4.69) is 4.98 Å². The molecule has 0 radical (unpaired) electrons. The molecule has 6 nitrogen and oxygen atoms in total. The molecule has 0 fully saturated rings. The number of benzene rings is 1. The third-order valence-corrected chi connectivity index (χ3v) is 3.89. The van der Waals surface area contributed by atoms with Crippen LogP contribution in [0.4, 0.5) is 5.69 Å². The molecule has 0 amide bonds. The van der Waals surface area contributed by atoms with E-state index in [0.717, 1.165) is 16.6 Å². The molecule has 0 unspecified atom stereocenters. The highest BCUT2D eigenvalue weighted by molar-refractivity contribution is 5.95. The smallest absolute Gasteiger partial charge is 0.373 e. The summed E-state index contributed by atoms with van der Waals surface area (Å²) in [6.07, 6.45) is 0.814. The van der Waals surface area contributed by atoms with E-state index in [-0.39, 0.29) is 11.9 Å². The molecule has 0 saturated heterocycles. The number of aryl methyl sites for hydroxylation is 1. The van der Waals surface area contributed by atoms with Crippen molar-refractivity contribution >= 4 is 28.5 Å². The summed E-state index contributed by atoms with van der Waals surface area (Å²) in [6.45, 7) is 10.2. The number of fused-ring (bicyclic) bond motifs is 1. The molecular weight excluding hydrogens is 332 g/mol. The van der Waals surface area contributed by atoms with Crippen molar-refractivity contribution in [2.45, 2.75) is 41.0 Å². The van der Waals surface area contributed by atoms with Crippen molar-refractivity contribution in [1.29, 1.82) is 0 Å². The van der Waals surface area contributed by atoms with Gasteiger partial charge in [0.25, 0.3) is 0 Å². The van der Waals surface area contributed by atoms with Crippen LogP contribution in [0.15, 0.2) is 24.3 Å². The first-order valence-electron chi connectivity index (χ1n) is 8.43. The van der Waals surface area contributed by atoms with Gasteiger partial charge in [-0.05, 0) is 44.9 Å².